The molecule has 1 fully saturated rings. The highest BCUT2D eigenvalue weighted by molar-refractivity contribution is 5.86. The van der Waals surface area contributed by atoms with Gasteiger partial charge in [-0.3, -0.25) is 4.79 Å². The fraction of sp³-hybridized carbons (Fsp3) is 0.917. The molecule has 96 valence electrons. The SMILES string of the molecule is CC(C)(C)CNC(=O)C1(N)CCCCC1.Cl. The summed E-state index contributed by atoms with van der Waals surface area (Å²) < 4.78 is 0. The van der Waals surface area contributed by atoms with Gasteiger partial charge in [0.1, 0.15) is 0 Å². The van der Waals surface area contributed by atoms with E-state index in [2.05, 4.69) is 26.1 Å². The van der Waals surface area contributed by atoms with Crippen LogP contribution >= 0.6 is 12.4 Å². The van der Waals surface area contributed by atoms with Crippen molar-refractivity contribution in [2.24, 2.45) is 11.1 Å². The Morgan fingerprint density at radius 3 is 2.19 bits per heavy atom. The monoisotopic (exact) mass is 248 g/mol. The minimum atomic E-state index is -0.594. The molecule has 0 bridgehead atoms. The molecule has 0 heterocycles. The van der Waals surface area contributed by atoms with Gasteiger partial charge >= 0.3 is 0 Å². The van der Waals surface area contributed by atoms with Crippen molar-refractivity contribution in [2.75, 3.05) is 6.54 Å². The van der Waals surface area contributed by atoms with Gasteiger partial charge in [0.2, 0.25) is 5.91 Å². The standard InChI is InChI=1S/C12H24N2O.ClH/c1-11(2,3)9-14-10(15)12(13)7-5-4-6-8-12;/h4-9,13H2,1-3H3,(H,14,15);1H. The molecule has 0 aromatic carbocycles. The van der Waals surface area contributed by atoms with Crippen molar-refractivity contribution in [3.8, 4) is 0 Å². The van der Waals surface area contributed by atoms with Crippen molar-refractivity contribution in [1.29, 1.82) is 0 Å². The molecule has 3 nitrogen and oxygen atoms in total. The molecule has 0 aromatic heterocycles. The Balaban J connectivity index is 0.00000225. The van der Waals surface area contributed by atoms with Crippen LogP contribution in [0.1, 0.15) is 52.9 Å². The third-order valence-corrected chi connectivity index (χ3v) is 2.98. The average Bonchev–Trinajstić information content (AvgIpc) is 2.14. The lowest BCUT2D eigenvalue weighted by molar-refractivity contribution is -0.127. The second kappa shape index (κ2) is 5.87. The lowest BCUT2D eigenvalue weighted by atomic mass is 9.81. The summed E-state index contributed by atoms with van der Waals surface area (Å²) in [4.78, 5) is 11.9. The molecule has 0 unspecified atom stereocenters. The normalized spacial score (nSPS) is 19.8. The van der Waals surface area contributed by atoms with E-state index < -0.39 is 5.54 Å². The summed E-state index contributed by atoms with van der Waals surface area (Å²) >= 11 is 0. The van der Waals surface area contributed by atoms with E-state index >= 15 is 0 Å². The van der Waals surface area contributed by atoms with E-state index in [-0.39, 0.29) is 23.7 Å². The zero-order chi connectivity index (χ0) is 11.5. The minimum Gasteiger partial charge on any atom is -0.354 e. The average molecular weight is 249 g/mol. The van der Waals surface area contributed by atoms with E-state index in [4.69, 9.17) is 5.73 Å². The summed E-state index contributed by atoms with van der Waals surface area (Å²) in [5.74, 6) is 0.0390. The maximum atomic E-state index is 11.9. The molecule has 0 radical (unpaired) electrons. The smallest absolute Gasteiger partial charge is 0.240 e. The summed E-state index contributed by atoms with van der Waals surface area (Å²) in [6.45, 7) is 7.02. The van der Waals surface area contributed by atoms with E-state index in [1.54, 1.807) is 0 Å². The first-order chi connectivity index (χ1) is 6.83. The Morgan fingerprint density at radius 1 is 1.25 bits per heavy atom. The van der Waals surface area contributed by atoms with E-state index in [9.17, 15) is 4.79 Å². The van der Waals surface area contributed by atoms with Gasteiger partial charge in [-0.2, -0.15) is 0 Å². The van der Waals surface area contributed by atoms with Gasteiger partial charge in [-0.15, -0.1) is 12.4 Å². The second-order valence-corrected chi connectivity index (χ2v) is 5.96. The first-order valence-corrected chi connectivity index (χ1v) is 5.91. The summed E-state index contributed by atoms with van der Waals surface area (Å²) in [5, 5.41) is 2.97. The summed E-state index contributed by atoms with van der Waals surface area (Å²) in [7, 11) is 0. The fourth-order valence-electron chi connectivity index (χ4n) is 1.93. The Hall–Kier alpha value is -0.280. The third kappa shape index (κ3) is 4.71. The molecular formula is C12H25ClN2O. The van der Waals surface area contributed by atoms with Gasteiger partial charge in [-0.05, 0) is 18.3 Å². The highest BCUT2D eigenvalue weighted by atomic mass is 35.5. The van der Waals surface area contributed by atoms with Crippen LogP contribution in [0.25, 0.3) is 0 Å². The molecule has 1 rings (SSSR count). The largest absolute Gasteiger partial charge is 0.354 e. The quantitative estimate of drug-likeness (QED) is 0.788. The topological polar surface area (TPSA) is 55.1 Å². The van der Waals surface area contributed by atoms with Crippen LogP contribution in [-0.4, -0.2) is 18.0 Å². The lowest BCUT2D eigenvalue weighted by Crippen LogP contribution is -2.56. The van der Waals surface area contributed by atoms with Crippen LogP contribution in [0.2, 0.25) is 0 Å². The molecule has 1 amide bonds. The number of amides is 1. The highest BCUT2D eigenvalue weighted by Gasteiger charge is 2.35. The van der Waals surface area contributed by atoms with E-state index in [1.807, 2.05) is 0 Å². The van der Waals surface area contributed by atoms with Gasteiger partial charge in [-0.25, -0.2) is 0 Å². The van der Waals surface area contributed by atoms with Gasteiger partial charge in [0.25, 0.3) is 0 Å². The summed E-state index contributed by atoms with van der Waals surface area (Å²) in [6.07, 6.45) is 5.05. The van der Waals surface area contributed by atoms with Gasteiger partial charge in [0, 0.05) is 6.54 Å². The molecule has 1 saturated carbocycles. The minimum absolute atomic E-state index is 0. The Labute approximate surface area is 105 Å². The highest BCUT2D eigenvalue weighted by Crippen LogP contribution is 2.26. The zero-order valence-electron chi connectivity index (χ0n) is 10.6. The molecular weight excluding hydrogens is 224 g/mol. The maximum Gasteiger partial charge on any atom is 0.240 e. The van der Waals surface area contributed by atoms with Crippen LogP contribution in [0.15, 0.2) is 0 Å². The number of nitrogens with one attached hydrogen (secondary N) is 1. The van der Waals surface area contributed by atoms with Crippen molar-refractivity contribution in [1.82, 2.24) is 5.32 Å². The molecule has 0 spiro atoms. The van der Waals surface area contributed by atoms with Crippen LogP contribution < -0.4 is 11.1 Å². The van der Waals surface area contributed by atoms with Crippen LogP contribution in [0.3, 0.4) is 0 Å². The number of rotatable bonds is 2. The van der Waals surface area contributed by atoms with Gasteiger partial charge in [0.05, 0.1) is 5.54 Å². The zero-order valence-corrected chi connectivity index (χ0v) is 11.5. The van der Waals surface area contributed by atoms with Crippen molar-refractivity contribution >= 4 is 18.3 Å². The van der Waals surface area contributed by atoms with E-state index in [0.717, 1.165) is 25.7 Å². The number of nitrogens with two attached hydrogens (primary N) is 1. The molecule has 0 saturated heterocycles. The van der Waals surface area contributed by atoms with E-state index in [0.29, 0.717) is 6.54 Å². The second-order valence-electron chi connectivity index (χ2n) is 5.96. The Kier molecular flexibility index (Phi) is 5.77. The molecule has 3 N–H and O–H groups in total. The first kappa shape index (κ1) is 15.7. The van der Waals surface area contributed by atoms with Crippen LogP contribution in [0.4, 0.5) is 0 Å². The number of hydrogen-bond acceptors (Lipinski definition) is 2. The van der Waals surface area contributed by atoms with Crippen LogP contribution in [0.5, 0.6) is 0 Å². The van der Waals surface area contributed by atoms with Crippen molar-refractivity contribution in [3.63, 3.8) is 0 Å². The van der Waals surface area contributed by atoms with Crippen molar-refractivity contribution in [2.45, 2.75) is 58.4 Å². The van der Waals surface area contributed by atoms with Crippen molar-refractivity contribution in [3.05, 3.63) is 0 Å². The van der Waals surface area contributed by atoms with Gasteiger partial charge in [-0.1, -0.05) is 40.0 Å². The molecule has 16 heavy (non-hydrogen) atoms. The lowest BCUT2D eigenvalue weighted by Gasteiger charge is -2.33. The number of carbonyl (C=O) groups excluding carboxylic acids is 1. The number of carbonyl (C=O) groups is 1. The number of halogens is 1. The summed E-state index contributed by atoms with van der Waals surface area (Å²) in [5.41, 5.74) is 5.65. The Bertz CT molecular complexity index is 230. The van der Waals surface area contributed by atoms with E-state index in [1.165, 1.54) is 6.42 Å². The van der Waals surface area contributed by atoms with Gasteiger partial charge < -0.3 is 11.1 Å². The molecule has 1 aliphatic carbocycles. The third-order valence-electron chi connectivity index (χ3n) is 2.98. The molecule has 0 aliphatic heterocycles. The van der Waals surface area contributed by atoms with Crippen molar-refractivity contribution < 1.29 is 4.79 Å². The molecule has 0 atom stereocenters. The summed E-state index contributed by atoms with van der Waals surface area (Å²) in [6, 6.07) is 0. The van der Waals surface area contributed by atoms with Gasteiger partial charge in [0.15, 0.2) is 0 Å². The molecule has 0 aromatic rings. The fourth-order valence-corrected chi connectivity index (χ4v) is 1.93. The predicted octanol–water partition coefficient (Wildman–Crippen LogP) is 2.23. The van der Waals surface area contributed by atoms with Crippen LogP contribution in [0, 0.1) is 5.41 Å². The Morgan fingerprint density at radius 2 is 1.75 bits per heavy atom. The molecule has 1 aliphatic rings. The molecule has 4 heteroatoms. The number of hydrogen-bond donors (Lipinski definition) is 2. The van der Waals surface area contributed by atoms with Crippen LogP contribution in [-0.2, 0) is 4.79 Å². The predicted molar refractivity (Wildman–Crippen MR) is 69.7 cm³/mol. The first-order valence-electron chi connectivity index (χ1n) is 5.91. The maximum absolute atomic E-state index is 11.9.